The first-order chi connectivity index (χ1) is 4.75. The summed E-state index contributed by atoms with van der Waals surface area (Å²) in [4.78, 5) is 0. The Balaban J connectivity index is 0.000001000. The van der Waals surface area contributed by atoms with Crippen molar-refractivity contribution in [1.29, 1.82) is 0 Å². The van der Waals surface area contributed by atoms with E-state index in [-0.39, 0.29) is 26.1 Å². The average Bonchev–Trinajstić information content (AvgIpc) is 1.95. The molecular formula is C6H10O4Zn. The van der Waals surface area contributed by atoms with Crippen molar-refractivity contribution in [1.82, 2.24) is 0 Å². The van der Waals surface area contributed by atoms with Gasteiger partial charge in [0.05, 0.1) is 12.9 Å². The smallest absolute Gasteiger partial charge is 0.149 e. The monoisotopic (exact) mass is 210 g/mol. The van der Waals surface area contributed by atoms with Gasteiger partial charge in [0.25, 0.3) is 0 Å². The second-order valence-corrected chi connectivity index (χ2v) is 2.17. The molecule has 1 rings (SSSR count). The molecule has 0 aliphatic carbocycles. The van der Waals surface area contributed by atoms with Gasteiger partial charge in [0.2, 0.25) is 0 Å². The van der Waals surface area contributed by atoms with Crippen LogP contribution >= 0.6 is 0 Å². The summed E-state index contributed by atoms with van der Waals surface area (Å²) in [6.07, 6.45) is -0.0318. The predicted molar refractivity (Wildman–Crippen MR) is 33.1 cm³/mol. The van der Waals surface area contributed by atoms with Crippen molar-refractivity contribution < 1.29 is 39.5 Å². The van der Waals surface area contributed by atoms with E-state index in [1.807, 2.05) is 0 Å². The van der Waals surface area contributed by atoms with Crippen LogP contribution in [0.4, 0.5) is 0 Å². The summed E-state index contributed by atoms with van der Waals surface area (Å²) in [6.45, 7) is -0.289. The van der Waals surface area contributed by atoms with Crippen LogP contribution in [0.3, 0.4) is 0 Å². The molecule has 0 aromatic rings. The molecule has 3 N–H and O–H groups in total. The fourth-order valence-corrected chi connectivity index (χ4v) is 0.792. The van der Waals surface area contributed by atoms with Gasteiger partial charge in [-0.25, -0.2) is 0 Å². The van der Waals surface area contributed by atoms with Gasteiger partial charge in [0, 0.05) is 19.5 Å². The van der Waals surface area contributed by atoms with E-state index in [1.54, 1.807) is 0 Å². The summed E-state index contributed by atoms with van der Waals surface area (Å²) in [6, 6.07) is 0. The Hall–Kier alpha value is 0.0434. The number of aliphatic hydroxyl groups excluding tert-OH is 3. The molecule has 0 spiro atoms. The van der Waals surface area contributed by atoms with E-state index in [4.69, 9.17) is 20.1 Å². The first-order valence-corrected chi connectivity index (χ1v) is 3.05. The Bertz CT molecular complexity index is 139. The Morgan fingerprint density at radius 1 is 1.36 bits per heavy atom. The van der Waals surface area contributed by atoms with Crippen LogP contribution in [0.25, 0.3) is 0 Å². The Morgan fingerprint density at radius 3 is 2.45 bits per heavy atom. The van der Waals surface area contributed by atoms with Crippen LogP contribution in [0.2, 0.25) is 0 Å². The molecule has 1 aliphatic rings. The molecule has 1 heterocycles. The van der Waals surface area contributed by atoms with E-state index in [2.05, 4.69) is 0 Å². The summed E-state index contributed by atoms with van der Waals surface area (Å²) in [5.41, 5.74) is 0. The van der Waals surface area contributed by atoms with Gasteiger partial charge in [-0.2, -0.15) is 0 Å². The summed E-state index contributed by atoms with van der Waals surface area (Å²) >= 11 is 0. The van der Waals surface area contributed by atoms with E-state index in [9.17, 15) is 0 Å². The van der Waals surface area contributed by atoms with Gasteiger partial charge in [0.1, 0.15) is 18.3 Å². The Morgan fingerprint density at radius 2 is 2.00 bits per heavy atom. The number of ether oxygens (including phenoxy) is 1. The van der Waals surface area contributed by atoms with Gasteiger partial charge in [-0.05, 0) is 6.08 Å². The standard InChI is InChI=1S/C6H10O4.Zn/c7-3-5-6(9)4(8)1-2-10-5;/h1-2,4-9H,3H2;/t4-,5-,6+;/m1./s1. The minimum Gasteiger partial charge on any atom is -0.493 e. The molecule has 0 fully saturated rings. The van der Waals surface area contributed by atoms with Crippen LogP contribution in [0, 0.1) is 0 Å². The molecule has 11 heavy (non-hydrogen) atoms. The molecular weight excluding hydrogens is 201 g/mol. The maximum atomic E-state index is 9.05. The van der Waals surface area contributed by atoms with Gasteiger partial charge < -0.3 is 20.1 Å². The van der Waals surface area contributed by atoms with Crippen LogP contribution in [-0.2, 0) is 24.2 Å². The zero-order chi connectivity index (χ0) is 7.56. The Kier molecular flexibility index (Phi) is 4.85. The molecule has 3 atom stereocenters. The molecule has 0 bridgehead atoms. The SMILES string of the molecule is OC[C@H]1OC=C[C@@H](O)[C@@H]1O.[Zn]. The molecule has 0 saturated heterocycles. The first kappa shape index (κ1) is 11.0. The van der Waals surface area contributed by atoms with Gasteiger partial charge in [-0.3, -0.25) is 0 Å². The van der Waals surface area contributed by atoms with Crippen LogP contribution < -0.4 is 0 Å². The summed E-state index contributed by atoms with van der Waals surface area (Å²) < 4.78 is 4.77. The fraction of sp³-hybridized carbons (Fsp3) is 0.667. The van der Waals surface area contributed by atoms with E-state index in [0.717, 1.165) is 0 Å². The van der Waals surface area contributed by atoms with Crippen molar-refractivity contribution in [3.05, 3.63) is 12.3 Å². The van der Waals surface area contributed by atoms with Gasteiger partial charge in [-0.1, -0.05) is 0 Å². The molecule has 0 aromatic carbocycles. The number of hydrogen-bond donors (Lipinski definition) is 3. The van der Waals surface area contributed by atoms with E-state index >= 15 is 0 Å². The van der Waals surface area contributed by atoms with Crippen LogP contribution in [0.5, 0.6) is 0 Å². The van der Waals surface area contributed by atoms with Crippen LogP contribution in [0.1, 0.15) is 0 Å². The summed E-state index contributed by atoms with van der Waals surface area (Å²) in [5.74, 6) is 0. The third kappa shape index (κ3) is 2.52. The van der Waals surface area contributed by atoms with Gasteiger partial charge in [-0.15, -0.1) is 0 Å². The third-order valence-electron chi connectivity index (χ3n) is 1.44. The quantitative estimate of drug-likeness (QED) is 0.467. The molecule has 0 aromatic heterocycles. The minimum atomic E-state index is -1.02. The predicted octanol–water partition coefficient (Wildman–Crippen LogP) is -1.39. The van der Waals surface area contributed by atoms with Crippen molar-refractivity contribution in [2.75, 3.05) is 6.61 Å². The maximum absolute atomic E-state index is 9.05. The zero-order valence-corrected chi connectivity index (χ0v) is 9.02. The van der Waals surface area contributed by atoms with Crippen LogP contribution in [-0.4, -0.2) is 40.2 Å². The largest absolute Gasteiger partial charge is 0.493 e. The van der Waals surface area contributed by atoms with E-state index in [1.165, 1.54) is 12.3 Å². The van der Waals surface area contributed by atoms with Crippen molar-refractivity contribution in [2.24, 2.45) is 0 Å². The minimum absolute atomic E-state index is 0. The molecule has 1 aliphatic heterocycles. The second kappa shape index (κ2) is 4.83. The topological polar surface area (TPSA) is 69.9 Å². The van der Waals surface area contributed by atoms with Crippen molar-refractivity contribution in [3.63, 3.8) is 0 Å². The average molecular weight is 212 g/mol. The number of aliphatic hydroxyl groups is 3. The molecule has 0 radical (unpaired) electrons. The fourth-order valence-electron chi connectivity index (χ4n) is 0.792. The van der Waals surface area contributed by atoms with Gasteiger partial charge in [0.15, 0.2) is 0 Å². The van der Waals surface area contributed by atoms with Crippen molar-refractivity contribution >= 4 is 0 Å². The summed E-state index contributed by atoms with van der Waals surface area (Å²) in [7, 11) is 0. The van der Waals surface area contributed by atoms with Gasteiger partial charge >= 0.3 is 0 Å². The Labute approximate surface area is 77.2 Å². The molecule has 0 amide bonds. The second-order valence-electron chi connectivity index (χ2n) is 2.17. The summed E-state index contributed by atoms with van der Waals surface area (Å²) in [5, 5.41) is 26.6. The van der Waals surface area contributed by atoms with Crippen molar-refractivity contribution in [3.8, 4) is 0 Å². The maximum Gasteiger partial charge on any atom is 0.149 e. The van der Waals surface area contributed by atoms with Crippen LogP contribution in [0.15, 0.2) is 12.3 Å². The number of rotatable bonds is 1. The molecule has 60 valence electrons. The van der Waals surface area contributed by atoms with Crippen molar-refractivity contribution in [2.45, 2.75) is 18.3 Å². The third-order valence-corrected chi connectivity index (χ3v) is 1.44. The normalized spacial score (nSPS) is 35.7. The first-order valence-electron chi connectivity index (χ1n) is 3.05. The zero-order valence-electron chi connectivity index (χ0n) is 6.05. The van der Waals surface area contributed by atoms with E-state index < -0.39 is 18.3 Å². The molecule has 4 nitrogen and oxygen atoms in total. The molecule has 5 heteroatoms. The number of hydrogen-bond acceptors (Lipinski definition) is 4. The molecule has 0 saturated carbocycles. The molecule has 0 unspecified atom stereocenters. The van der Waals surface area contributed by atoms with E-state index in [0.29, 0.717) is 0 Å².